The molecule has 0 aromatic heterocycles. The third-order valence-electron chi connectivity index (χ3n) is 8.82. The SMILES string of the molecule is CN(C)c1ccc([C@H]2C[C@@]3(C)[C@@H](CC[C@@]3(O)C#CC(C)(C)C)[C@@H]3OCC4=CC(=O)CCC4=C32)cc1. The number of carbonyl (C=O) groups is 1. The van der Waals surface area contributed by atoms with Crippen LogP contribution in [0.15, 0.2) is 47.1 Å². The van der Waals surface area contributed by atoms with Gasteiger partial charge in [-0.2, -0.15) is 0 Å². The van der Waals surface area contributed by atoms with Gasteiger partial charge >= 0.3 is 0 Å². The van der Waals surface area contributed by atoms with Crippen molar-refractivity contribution in [3.05, 3.63) is 52.6 Å². The predicted molar refractivity (Wildman–Crippen MR) is 140 cm³/mol. The van der Waals surface area contributed by atoms with Gasteiger partial charge < -0.3 is 14.7 Å². The fraction of sp³-hybridized carbons (Fsp3) is 0.581. The molecular weight excluding hydrogens is 434 g/mol. The zero-order chi connectivity index (χ0) is 25.2. The lowest BCUT2D eigenvalue weighted by Crippen LogP contribution is -2.53. The second-order valence-corrected chi connectivity index (χ2v) is 12.5. The van der Waals surface area contributed by atoms with Crippen LogP contribution in [0.1, 0.15) is 71.3 Å². The maximum atomic E-state index is 12.2. The number of allylic oxidation sites excluding steroid dienone is 1. The van der Waals surface area contributed by atoms with Crippen molar-refractivity contribution in [2.45, 2.75) is 77.4 Å². The van der Waals surface area contributed by atoms with E-state index in [0.29, 0.717) is 19.4 Å². The molecule has 1 aromatic carbocycles. The molecule has 4 aliphatic rings. The highest BCUT2D eigenvalue weighted by molar-refractivity contribution is 5.93. The lowest BCUT2D eigenvalue weighted by atomic mass is 9.55. The quantitative estimate of drug-likeness (QED) is 0.583. The number of anilines is 1. The van der Waals surface area contributed by atoms with Crippen molar-refractivity contribution >= 4 is 11.5 Å². The summed E-state index contributed by atoms with van der Waals surface area (Å²) in [6.45, 7) is 9.02. The molecule has 5 atom stereocenters. The zero-order valence-corrected chi connectivity index (χ0v) is 22.1. The van der Waals surface area contributed by atoms with Gasteiger partial charge in [0, 0.05) is 43.0 Å². The first kappa shape index (κ1) is 24.3. The monoisotopic (exact) mass is 473 g/mol. The Morgan fingerprint density at radius 3 is 2.51 bits per heavy atom. The van der Waals surface area contributed by atoms with Crippen LogP contribution >= 0.6 is 0 Å². The summed E-state index contributed by atoms with van der Waals surface area (Å²) in [5.41, 5.74) is 4.59. The molecule has 35 heavy (non-hydrogen) atoms. The number of carbonyl (C=O) groups excluding carboxylic acids is 1. The lowest BCUT2D eigenvalue weighted by Gasteiger charge is -2.53. The third kappa shape index (κ3) is 4.07. The van der Waals surface area contributed by atoms with Gasteiger partial charge in [0.1, 0.15) is 5.60 Å². The molecule has 0 radical (unpaired) electrons. The second kappa shape index (κ2) is 8.36. The summed E-state index contributed by atoms with van der Waals surface area (Å²) in [6, 6.07) is 8.81. The summed E-state index contributed by atoms with van der Waals surface area (Å²) in [5.74, 6) is 7.26. The molecule has 0 saturated heterocycles. The number of benzene rings is 1. The first-order chi connectivity index (χ1) is 16.4. The second-order valence-electron chi connectivity index (χ2n) is 12.5. The summed E-state index contributed by atoms with van der Waals surface area (Å²) in [4.78, 5) is 14.3. The van der Waals surface area contributed by atoms with E-state index in [1.54, 1.807) is 0 Å². The van der Waals surface area contributed by atoms with Crippen LogP contribution in [0.5, 0.6) is 0 Å². The van der Waals surface area contributed by atoms with Crippen LogP contribution in [-0.4, -0.2) is 43.3 Å². The van der Waals surface area contributed by atoms with E-state index < -0.39 is 5.60 Å². The molecule has 2 fully saturated rings. The van der Waals surface area contributed by atoms with Gasteiger partial charge in [0.05, 0.1) is 12.7 Å². The molecule has 1 aromatic rings. The summed E-state index contributed by atoms with van der Waals surface area (Å²) in [6.07, 6.45) is 5.53. The number of nitrogens with zero attached hydrogens (tertiary/aromatic N) is 1. The Labute approximate surface area is 210 Å². The molecule has 4 heteroatoms. The molecule has 0 bridgehead atoms. The highest BCUT2D eigenvalue weighted by Gasteiger charge is 2.63. The van der Waals surface area contributed by atoms with Crippen LogP contribution in [0, 0.1) is 28.6 Å². The van der Waals surface area contributed by atoms with Crippen LogP contribution in [0.25, 0.3) is 0 Å². The molecule has 1 heterocycles. The van der Waals surface area contributed by atoms with Crippen molar-refractivity contribution in [1.29, 1.82) is 0 Å². The van der Waals surface area contributed by atoms with Crippen molar-refractivity contribution in [2.24, 2.45) is 16.7 Å². The van der Waals surface area contributed by atoms with Crippen LogP contribution in [0.3, 0.4) is 0 Å². The van der Waals surface area contributed by atoms with E-state index >= 15 is 0 Å². The van der Waals surface area contributed by atoms with Crippen molar-refractivity contribution < 1.29 is 14.6 Å². The smallest absolute Gasteiger partial charge is 0.156 e. The van der Waals surface area contributed by atoms with Crippen molar-refractivity contribution in [2.75, 3.05) is 25.6 Å². The number of rotatable bonds is 2. The van der Waals surface area contributed by atoms with Crippen LogP contribution in [-0.2, 0) is 9.53 Å². The van der Waals surface area contributed by atoms with E-state index in [9.17, 15) is 9.90 Å². The highest BCUT2D eigenvalue weighted by atomic mass is 16.5. The Bertz CT molecular complexity index is 1160. The van der Waals surface area contributed by atoms with Gasteiger partial charge in [-0.1, -0.05) is 30.9 Å². The lowest BCUT2D eigenvalue weighted by molar-refractivity contribution is -0.115. The molecule has 2 saturated carbocycles. The van der Waals surface area contributed by atoms with Crippen molar-refractivity contribution in [3.63, 3.8) is 0 Å². The fourth-order valence-corrected chi connectivity index (χ4v) is 6.82. The maximum Gasteiger partial charge on any atom is 0.156 e. The molecule has 4 nitrogen and oxygen atoms in total. The molecule has 0 amide bonds. The molecule has 3 aliphatic carbocycles. The first-order valence-electron chi connectivity index (χ1n) is 13.0. The Morgan fingerprint density at radius 1 is 1.14 bits per heavy atom. The van der Waals surface area contributed by atoms with Gasteiger partial charge in [0.15, 0.2) is 5.78 Å². The minimum Gasteiger partial charge on any atom is -0.378 e. The average molecular weight is 474 g/mol. The van der Waals surface area contributed by atoms with E-state index in [1.807, 2.05) is 6.08 Å². The van der Waals surface area contributed by atoms with Gasteiger partial charge in [-0.15, -0.1) is 0 Å². The minimum atomic E-state index is -1.04. The van der Waals surface area contributed by atoms with E-state index in [-0.39, 0.29) is 34.6 Å². The van der Waals surface area contributed by atoms with Crippen LogP contribution in [0.4, 0.5) is 5.69 Å². The van der Waals surface area contributed by atoms with E-state index in [4.69, 9.17) is 4.74 Å². The largest absolute Gasteiger partial charge is 0.378 e. The Kier molecular flexibility index (Phi) is 5.81. The topological polar surface area (TPSA) is 49.8 Å². The summed E-state index contributed by atoms with van der Waals surface area (Å²) < 4.78 is 6.59. The van der Waals surface area contributed by atoms with Gasteiger partial charge in [-0.25, -0.2) is 0 Å². The van der Waals surface area contributed by atoms with Gasteiger partial charge in [-0.05, 0) is 92.9 Å². The molecule has 1 aliphatic heterocycles. The summed E-state index contributed by atoms with van der Waals surface area (Å²) in [5, 5.41) is 12.0. The number of ether oxygens (including phenoxy) is 1. The number of hydrogen-bond acceptors (Lipinski definition) is 4. The standard InChI is InChI=1S/C31H39NO3/c1-29(2,3)15-16-31(34)14-13-26-28-27(24-12-11-23(33)17-21(24)19-35-28)25(18-30(26,31)4)20-7-9-22(10-8-20)32(5)6/h7-10,17,25-26,28,34H,11-14,18-19H2,1-6H3/t25-,26+,28+,30+,31-/m1/s1. The van der Waals surface area contributed by atoms with Gasteiger partial charge in [0.25, 0.3) is 0 Å². The molecule has 1 N–H and O–H groups in total. The van der Waals surface area contributed by atoms with Crippen LogP contribution in [0.2, 0.25) is 0 Å². The molecule has 0 unspecified atom stereocenters. The molecule has 0 spiro atoms. The minimum absolute atomic E-state index is 0.0434. The Morgan fingerprint density at radius 2 is 1.86 bits per heavy atom. The van der Waals surface area contributed by atoms with E-state index in [0.717, 1.165) is 24.8 Å². The third-order valence-corrected chi connectivity index (χ3v) is 8.82. The molecule has 186 valence electrons. The Hall–Kier alpha value is -2.35. The fourth-order valence-electron chi connectivity index (χ4n) is 6.82. The number of aliphatic hydroxyl groups is 1. The van der Waals surface area contributed by atoms with E-state index in [2.05, 4.69) is 82.8 Å². The van der Waals surface area contributed by atoms with E-state index in [1.165, 1.54) is 22.4 Å². The zero-order valence-electron chi connectivity index (χ0n) is 22.1. The van der Waals surface area contributed by atoms with Gasteiger partial charge in [-0.3, -0.25) is 4.79 Å². The number of hydrogen-bond donors (Lipinski definition) is 1. The van der Waals surface area contributed by atoms with Crippen molar-refractivity contribution in [3.8, 4) is 11.8 Å². The first-order valence-corrected chi connectivity index (χ1v) is 13.0. The van der Waals surface area contributed by atoms with Crippen molar-refractivity contribution in [1.82, 2.24) is 0 Å². The normalized spacial score (nSPS) is 34.3. The van der Waals surface area contributed by atoms with Crippen LogP contribution < -0.4 is 4.90 Å². The summed E-state index contributed by atoms with van der Waals surface area (Å²) in [7, 11) is 4.11. The highest BCUT2D eigenvalue weighted by Crippen LogP contribution is 2.64. The Balaban J connectivity index is 1.65. The average Bonchev–Trinajstić information content (AvgIpc) is 3.07. The molecular formula is C31H39NO3. The number of fused-ring (bicyclic) bond motifs is 4. The summed E-state index contributed by atoms with van der Waals surface area (Å²) >= 11 is 0. The molecule has 5 rings (SSSR count). The predicted octanol–water partition coefficient (Wildman–Crippen LogP) is 5.42. The maximum absolute atomic E-state index is 12.2. The van der Waals surface area contributed by atoms with Gasteiger partial charge in [0.2, 0.25) is 0 Å². The number of ketones is 1.